The monoisotopic (exact) mass is 395 g/mol. The Morgan fingerprint density at radius 2 is 1.83 bits per heavy atom. The minimum absolute atomic E-state index is 0.649. The minimum Gasteiger partial charge on any atom is -0.339 e. The first kappa shape index (κ1) is 18.0. The van der Waals surface area contributed by atoms with Crippen molar-refractivity contribution in [3.63, 3.8) is 0 Å². The molecule has 1 aromatic carbocycles. The molecule has 147 valence electrons. The molecule has 1 radical (unpaired) electrons. The van der Waals surface area contributed by atoms with Crippen LogP contribution in [-0.2, 0) is 0 Å². The number of nitrogens with one attached hydrogen (secondary N) is 1. The first-order chi connectivity index (χ1) is 14.6. The van der Waals surface area contributed by atoms with E-state index in [1.54, 1.807) is 11.0 Å². The van der Waals surface area contributed by atoms with Crippen LogP contribution in [0.15, 0.2) is 54.9 Å². The Bertz CT molecular complexity index is 1350. The lowest BCUT2D eigenvalue weighted by atomic mass is 10.2. The van der Waals surface area contributed by atoms with Gasteiger partial charge >= 0.3 is 0 Å². The molecule has 0 fully saturated rings. The second-order valence-corrected chi connectivity index (χ2v) is 7.11. The fourth-order valence-electron chi connectivity index (χ4n) is 3.34. The van der Waals surface area contributed by atoms with Gasteiger partial charge in [-0.1, -0.05) is 0 Å². The highest BCUT2D eigenvalue weighted by molar-refractivity contribution is 5.81. The summed E-state index contributed by atoms with van der Waals surface area (Å²) in [6.45, 7) is 5.87. The van der Waals surface area contributed by atoms with E-state index >= 15 is 0 Å². The van der Waals surface area contributed by atoms with Gasteiger partial charge in [-0.15, -0.1) is 5.10 Å². The van der Waals surface area contributed by atoms with Crippen molar-refractivity contribution in [3.8, 4) is 11.6 Å². The van der Waals surface area contributed by atoms with Gasteiger partial charge in [0.25, 0.3) is 0 Å². The van der Waals surface area contributed by atoms with Gasteiger partial charge in [0, 0.05) is 17.4 Å². The second kappa shape index (κ2) is 7.07. The summed E-state index contributed by atoms with van der Waals surface area (Å²) in [6.07, 6.45) is 1.77. The van der Waals surface area contributed by atoms with E-state index in [4.69, 9.17) is 4.98 Å². The molecule has 0 saturated heterocycles. The van der Waals surface area contributed by atoms with Crippen molar-refractivity contribution < 1.29 is 0 Å². The Kier molecular flexibility index (Phi) is 4.24. The third kappa shape index (κ3) is 3.28. The van der Waals surface area contributed by atoms with Gasteiger partial charge in [0.05, 0.1) is 22.4 Å². The number of pyridine rings is 1. The van der Waals surface area contributed by atoms with Gasteiger partial charge in [-0.2, -0.15) is 10.2 Å². The van der Waals surface area contributed by atoms with Gasteiger partial charge in [0.2, 0.25) is 0 Å². The van der Waals surface area contributed by atoms with Crippen LogP contribution in [0.1, 0.15) is 17.1 Å². The Hall–Kier alpha value is -4.07. The van der Waals surface area contributed by atoms with Crippen molar-refractivity contribution in [2.75, 3.05) is 5.32 Å². The molecule has 5 rings (SSSR count). The lowest BCUT2D eigenvalue weighted by Crippen LogP contribution is -2.05. The molecule has 4 aromatic heterocycles. The van der Waals surface area contributed by atoms with Crippen LogP contribution in [0.4, 0.5) is 11.5 Å². The van der Waals surface area contributed by atoms with E-state index in [0.29, 0.717) is 11.6 Å². The molecule has 4 heterocycles. The van der Waals surface area contributed by atoms with Crippen molar-refractivity contribution >= 4 is 22.5 Å². The molecule has 8 heteroatoms. The highest BCUT2D eigenvalue weighted by Crippen LogP contribution is 2.23. The fraction of sp³-hybridized carbons (Fsp3) is 0.136. The highest BCUT2D eigenvalue weighted by Gasteiger charge is 2.10. The second-order valence-electron chi connectivity index (χ2n) is 7.11. The number of anilines is 2. The summed E-state index contributed by atoms with van der Waals surface area (Å²) in [5.74, 6) is 2.09. The predicted molar refractivity (Wildman–Crippen MR) is 114 cm³/mol. The summed E-state index contributed by atoms with van der Waals surface area (Å²) in [4.78, 5) is 9.29. The zero-order valence-electron chi connectivity index (χ0n) is 16.8. The molecule has 0 amide bonds. The molecule has 0 saturated carbocycles. The zero-order valence-corrected chi connectivity index (χ0v) is 16.8. The molecule has 0 aliphatic carbocycles. The van der Waals surface area contributed by atoms with E-state index in [2.05, 4.69) is 31.7 Å². The van der Waals surface area contributed by atoms with Crippen LogP contribution in [-0.4, -0.2) is 34.5 Å². The summed E-state index contributed by atoms with van der Waals surface area (Å²) in [5.41, 5.74) is 5.53. The Balaban J connectivity index is 1.49. The molecule has 0 atom stereocenters. The predicted octanol–water partition coefficient (Wildman–Crippen LogP) is 3.87. The maximum Gasteiger partial charge on any atom is 0.164 e. The summed E-state index contributed by atoms with van der Waals surface area (Å²) in [7, 11) is 0. The molecule has 0 bridgehead atoms. The average molecular weight is 395 g/mol. The van der Waals surface area contributed by atoms with E-state index < -0.39 is 0 Å². The molecule has 0 aliphatic rings. The lowest BCUT2D eigenvalue weighted by Gasteiger charge is -2.08. The molecule has 5 aromatic rings. The van der Waals surface area contributed by atoms with Gasteiger partial charge < -0.3 is 5.32 Å². The fourth-order valence-corrected chi connectivity index (χ4v) is 3.34. The summed E-state index contributed by atoms with van der Waals surface area (Å²) in [6, 6.07) is 18.7. The molecular formula is C22H19N8. The summed E-state index contributed by atoms with van der Waals surface area (Å²) in [5, 5.41) is 16.0. The number of rotatable bonds is 4. The van der Waals surface area contributed by atoms with Crippen LogP contribution < -0.4 is 5.32 Å². The third-order valence-electron chi connectivity index (χ3n) is 4.74. The smallest absolute Gasteiger partial charge is 0.164 e. The van der Waals surface area contributed by atoms with Crippen LogP contribution in [0.5, 0.6) is 0 Å². The molecule has 8 nitrogen and oxygen atoms in total. The molecule has 0 spiro atoms. The lowest BCUT2D eigenvalue weighted by molar-refractivity contribution is 0.798. The molecular weight excluding hydrogens is 376 g/mol. The SMILES string of the molecule is Cc1ccc(Nc2ccc3c(c2)ncn3-c2cc[c]c(-n3nc(C)cc3C)n2)nn1. The normalized spacial score (nSPS) is 11.2. The first-order valence-electron chi connectivity index (χ1n) is 9.54. The van der Waals surface area contributed by atoms with Gasteiger partial charge in [0.1, 0.15) is 12.1 Å². The van der Waals surface area contributed by atoms with E-state index in [-0.39, 0.29) is 0 Å². The topological polar surface area (TPSA) is 86.3 Å². The average Bonchev–Trinajstić information content (AvgIpc) is 3.32. The number of hydrogen-bond acceptors (Lipinski definition) is 6. The van der Waals surface area contributed by atoms with Crippen molar-refractivity contribution in [1.82, 2.24) is 34.5 Å². The van der Waals surface area contributed by atoms with E-state index in [1.807, 2.05) is 73.9 Å². The van der Waals surface area contributed by atoms with Crippen LogP contribution in [0.3, 0.4) is 0 Å². The zero-order chi connectivity index (χ0) is 20.7. The highest BCUT2D eigenvalue weighted by atomic mass is 15.3. The minimum atomic E-state index is 0.649. The number of aryl methyl sites for hydroxylation is 3. The van der Waals surface area contributed by atoms with Crippen LogP contribution >= 0.6 is 0 Å². The van der Waals surface area contributed by atoms with Crippen LogP contribution in [0, 0.1) is 26.8 Å². The Morgan fingerprint density at radius 3 is 2.60 bits per heavy atom. The van der Waals surface area contributed by atoms with Gasteiger partial charge in [-0.25, -0.2) is 14.6 Å². The van der Waals surface area contributed by atoms with Crippen molar-refractivity contribution in [1.29, 1.82) is 0 Å². The number of benzene rings is 1. The van der Waals surface area contributed by atoms with Gasteiger partial charge in [-0.05, 0) is 69.3 Å². The standard InChI is InChI=1S/C22H19N8/c1-14-7-10-20(27-26-14)24-17-8-9-19-18(12-17)23-13-29(19)21-5-4-6-22(25-21)30-16(3)11-15(2)28-30/h4-5,7-13H,1-3H3,(H,24,27). The van der Waals surface area contributed by atoms with E-state index in [0.717, 1.165) is 39.6 Å². The molecule has 1 N–H and O–H groups in total. The number of fused-ring (bicyclic) bond motifs is 1. The van der Waals surface area contributed by atoms with Crippen molar-refractivity contribution in [2.24, 2.45) is 0 Å². The molecule has 0 aliphatic heterocycles. The van der Waals surface area contributed by atoms with Gasteiger partial charge in [0.15, 0.2) is 11.6 Å². The van der Waals surface area contributed by atoms with Crippen molar-refractivity contribution in [3.05, 3.63) is 78.0 Å². The van der Waals surface area contributed by atoms with Crippen LogP contribution in [0.25, 0.3) is 22.7 Å². The maximum absolute atomic E-state index is 4.74. The quantitative estimate of drug-likeness (QED) is 0.497. The number of aromatic nitrogens is 7. The Labute approximate surface area is 173 Å². The summed E-state index contributed by atoms with van der Waals surface area (Å²) < 4.78 is 3.75. The first-order valence-corrected chi connectivity index (χ1v) is 9.54. The van der Waals surface area contributed by atoms with E-state index in [1.165, 1.54) is 0 Å². The number of nitrogens with zero attached hydrogens (tertiary/aromatic N) is 7. The Morgan fingerprint density at radius 1 is 0.933 bits per heavy atom. The molecule has 0 unspecified atom stereocenters. The summed E-state index contributed by atoms with van der Waals surface area (Å²) >= 11 is 0. The number of imidazole rings is 1. The van der Waals surface area contributed by atoms with Crippen molar-refractivity contribution in [2.45, 2.75) is 20.8 Å². The number of hydrogen-bond donors (Lipinski definition) is 1. The maximum atomic E-state index is 4.74. The van der Waals surface area contributed by atoms with Gasteiger partial charge in [-0.3, -0.25) is 4.57 Å². The third-order valence-corrected chi connectivity index (χ3v) is 4.74. The van der Waals surface area contributed by atoms with Crippen LogP contribution in [0.2, 0.25) is 0 Å². The largest absolute Gasteiger partial charge is 0.339 e. The molecule has 30 heavy (non-hydrogen) atoms. The van der Waals surface area contributed by atoms with E-state index in [9.17, 15) is 0 Å².